The highest BCUT2D eigenvalue weighted by atomic mass is 19.4. The number of rotatable bonds is 2. The highest BCUT2D eigenvalue weighted by Crippen LogP contribution is 2.39. The molecule has 0 saturated carbocycles. The Kier molecular flexibility index (Phi) is 4.71. The summed E-state index contributed by atoms with van der Waals surface area (Å²) in [5, 5.41) is 0. The SMILES string of the molecule is FC(=C(F)C(F)(F)F)N1CCN(C(F)(F)C(F)(F)F)CC1. The molecule has 0 unspecified atom stereocenters. The summed E-state index contributed by atoms with van der Waals surface area (Å²) in [6.45, 7) is -4.04. The van der Waals surface area contributed by atoms with Gasteiger partial charge in [0.2, 0.25) is 5.95 Å². The van der Waals surface area contributed by atoms with Gasteiger partial charge < -0.3 is 4.90 Å². The molecule has 1 rings (SSSR count). The summed E-state index contributed by atoms with van der Waals surface area (Å²) in [4.78, 5) is -0.242. The summed E-state index contributed by atoms with van der Waals surface area (Å²) in [6.07, 6.45) is -11.5. The molecule has 1 aliphatic rings. The van der Waals surface area contributed by atoms with Crippen LogP contribution in [-0.4, -0.2) is 54.4 Å². The zero-order valence-electron chi connectivity index (χ0n) is 10.0. The van der Waals surface area contributed by atoms with E-state index in [4.69, 9.17) is 0 Å². The summed E-state index contributed by atoms with van der Waals surface area (Å²) >= 11 is 0. The lowest BCUT2D eigenvalue weighted by Crippen LogP contribution is -2.58. The third-order valence-electron chi connectivity index (χ3n) is 2.73. The number of halogens is 10. The van der Waals surface area contributed by atoms with E-state index in [1.165, 1.54) is 0 Å². The van der Waals surface area contributed by atoms with Gasteiger partial charge in [-0.2, -0.15) is 43.9 Å². The molecule has 0 radical (unpaired) electrons. The quantitative estimate of drug-likeness (QED) is 0.564. The van der Waals surface area contributed by atoms with Crippen molar-refractivity contribution in [2.24, 2.45) is 0 Å². The maximum Gasteiger partial charge on any atom is 0.469 e. The van der Waals surface area contributed by atoms with Gasteiger partial charge in [-0.3, -0.25) is 0 Å². The van der Waals surface area contributed by atoms with Crippen LogP contribution in [0.4, 0.5) is 43.9 Å². The molecular weight excluding hydrogens is 326 g/mol. The molecule has 0 atom stereocenters. The third-order valence-corrected chi connectivity index (χ3v) is 2.73. The molecule has 0 aliphatic carbocycles. The van der Waals surface area contributed by atoms with Crippen LogP contribution in [-0.2, 0) is 0 Å². The lowest BCUT2D eigenvalue weighted by molar-refractivity contribution is -0.343. The average Bonchev–Trinajstić information content (AvgIpc) is 2.34. The zero-order chi connectivity index (χ0) is 16.6. The Balaban J connectivity index is 2.78. The van der Waals surface area contributed by atoms with Gasteiger partial charge in [0.15, 0.2) is 0 Å². The smallest absolute Gasteiger partial charge is 0.343 e. The van der Waals surface area contributed by atoms with Crippen LogP contribution in [0.25, 0.3) is 0 Å². The predicted octanol–water partition coefficient (Wildman–Crippen LogP) is 3.43. The van der Waals surface area contributed by atoms with E-state index in [0.717, 1.165) is 0 Å². The minimum Gasteiger partial charge on any atom is -0.343 e. The monoisotopic (exact) mass is 334 g/mol. The molecule has 0 aromatic carbocycles. The van der Waals surface area contributed by atoms with Gasteiger partial charge in [0.25, 0.3) is 5.83 Å². The summed E-state index contributed by atoms with van der Waals surface area (Å²) in [5.74, 6) is -5.39. The molecule has 1 aliphatic heterocycles. The van der Waals surface area contributed by atoms with Crippen molar-refractivity contribution < 1.29 is 43.9 Å². The van der Waals surface area contributed by atoms with Crippen molar-refractivity contribution in [1.82, 2.24) is 9.80 Å². The van der Waals surface area contributed by atoms with Crippen LogP contribution in [0.2, 0.25) is 0 Å². The average molecular weight is 334 g/mol. The van der Waals surface area contributed by atoms with E-state index in [2.05, 4.69) is 0 Å². The fraction of sp³-hybridized carbons (Fsp3) is 0.778. The number of alkyl halides is 8. The molecule has 12 heteroatoms. The second-order valence-corrected chi connectivity index (χ2v) is 4.12. The number of hydrogen-bond acceptors (Lipinski definition) is 2. The number of piperazine rings is 1. The first-order chi connectivity index (χ1) is 9.28. The first kappa shape index (κ1) is 17.9. The van der Waals surface area contributed by atoms with Crippen LogP contribution in [0.3, 0.4) is 0 Å². The van der Waals surface area contributed by atoms with E-state index < -0.39 is 56.4 Å². The number of hydrogen-bond donors (Lipinski definition) is 0. The van der Waals surface area contributed by atoms with E-state index in [-0.39, 0.29) is 9.80 Å². The Morgan fingerprint density at radius 3 is 1.48 bits per heavy atom. The van der Waals surface area contributed by atoms with Crippen LogP contribution < -0.4 is 0 Å². The molecule has 1 fully saturated rings. The highest BCUT2D eigenvalue weighted by molar-refractivity contribution is 5.06. The van der Waals surface area contributed by atoms with Gasteiger partial charge in [-0.25, -0.2) is 4.90 Å². The minimum absolute atomic E-state index is 0.117. The van der Waals surface area contributed by atoms with Crippen molar-refractivity contribution in [3.05, 3.63) is 11.8 Å². The summed E-state index contributed by atoms with van der Waals surface area (Å²) in [7, 11) is 0. The predicted molar refractivity (Wildman–Crippen MR) is 49.4 cm³/mol. The van der Waals surface area contributed by atoms with Gasteiger partial charge in [0.1, 0.15) is 0 Å². The molecule has 0 bridgehead atoms. The first-order valence-corrected chi connectivity index (χ1v) is 5.35. The second-order valence-electron chi connectivity index (χ2n) is 4.12. The standard InChI is InChI=1S/C9H8F10N2/c10-5(7(12,13)14)6(11)20-1-3-21(4-2-20)9(18,19)8(15,16)17/h1-4H2. The van der Waals surface area contributed by atoms with Crippen LogP contribution in [0, 0.1) is 0 Å². The Morgan fingerprint density at radius 2 is 1.14 bits per heavy atom. The Labute approximate surface area is 111 Å². The van der Waals surface area contributed by atoms with E-state index in [1.54, 1.807) is 0 Å². The topological polar surface area (TPSA) is 6.48 Å². The fourth-order valence-corrected chi connectivity index (χ4v) is 1.62. The summed E-state index contributed by atoms with van der Waals surface area (Å²) in [5.41, 5.74) is 0. The van der Waals surface area contributed by atoms with Gasteiger partial charge in [0.05, 0.1) is 0 Å². The van der Waals surface area contributed by atoms with Crippen molar-refractivity contribution in [1.29, 1.82) is 0 Å². The second kappa shape index (κ2) is 5.54. The molecule has 1 saturated heterocycles. The molecule has 0 spiro atoms. The van der Waals surface area contributed by atoms with E-state index in [0.29, 0.717) is 0 Å². The molecule has 0 amide bonds. The number of nitrogens with zero attached hydrogens (tertiary/aromatic N) is 2. The molecule has 21 heavy (non-hydrogen) atoms. The molecule has 124 valence electrons. The fourth-order valence-electron chi connectivity index (χ4n) is 1.62. The summed E-state index contributed by atoms with van der Waals surface area (Å²) < 4.78 is 123. The Hall–Kier alpha value is -1.20. The Morgan fingerprint density at radius 1 is 0.714 bits per heavy atom. The van der Waals surface area contributed by atoms with Crippen molar-refractivity contribution in [3.63, 3.8) is 0 Å². The van der Waals surface area contributed by atoms with Crippen molar-refractivity contribution >= 4 is 0 Å². The zero-order valence-corrected chi connectivity index (χ0v) is 10.0. The van der Waals surface area contributed by atoms with Crippen molar-refractivity contribution in [2.45, 2.75) is 18.4 Å². The maximum atomic E-state index is 13.1. The van der Waals surface area contributed by atoms with Crippen LogP contribution in [0.15, 0.2) is 11.8 Å². The van der Waals surface area contributed by atoms with Crippen LogP contribution in [0.1, 0.15) is 0 Å². The first-order valence-electron chi connectivity index (χ1n) is 5.35. The molecule has 2 nitrogen and oxygen atoms in total. The normalized spacial score (nSPS) is 20.6. The molecule has 0 aromatic heterocycles. The lowest BCUT2D eigenvalue weighted by atomic mass is 10.3. The van der Waals surface area contributed by atoms with E-state index in [1.807, 2.05) is 0 Å². The lowest BCUT2D eigenvalue weighted by Gasteiger charge is -2.39. The van der Waals surface area contributed by atoms with E-state index >= 15 is 0 Å². The van der Waals surface area contributed by atoms with E-state index in [9.17, 15) is 43.9 Å². The van der Waals surface area contributed by atoms with Crippen molar-refractivity contribution in [2.75, 3.05) is 26.2 Å². The van der Waals surface area contributed by atoms with Gasteiger partial charge in [-0.05, 0) is 0 Å². The molecule has 0 N–H and O–H groups in total. The number of allylic oxidation sites excluding steroid dienone is 1. The van der Waals surface area contributed by atoms with Gasteiger partial charge >= 0.3 is 18.4 Å². The Bertz CT molecular complexity index is 402. The molecular formula is C9H8F10N2. The van der Waals surface area contributed by atoms with Gasteiger partial charge in [-0.1, -0.05) is 0 Å². The molecule has 1 heterocycles. The highest BCUT2D eigenvalue weighted by Gasteiger charge is 2.61. The largest absolute Gasteiger partial charge is 0.469 e. The van der Waals surface area contributed by atoms with Gasteiger partial charge in [0, 0.05) is 26.2 Å². The molecule has 0 aromatic rings. The van der Waals surface area contributed by atoms with Crippen LogP contribution >= 0.6 is 0 Å². The maximum absolute atomic E-state index is 13.1. The van der Waals surface area contributed by atoms with Gasteiger partial charge in [-0.15, -0.1) is 0 Å². The van der Waals surface area contributed by atoms with Crippen molar-refractivity contribution in [3.8, 4) is 0 Å². The summed E-state index contributed by atoms with van der Waals surface area (Å²) in [6, 6.07) is -5.19. The van der Waals surface area contributed by atoms with Crippen LogP contribution in [0.5, 0.6) is 0 Å². The third kappa shape index (κ3) is 3.71. The minimum atomic E-state index is -5.87.